The quantitative estimate of drug-likeness (QED) is 0.900. The van der Waals surface area contributed by atoms with E-state index >= 15 is 0 Å². The number of halogens is 1. The summed E-state index contributed by atoms with van der Waals surface area (Å²) in [6.45, 7) is 3.71. The van der Waals surface area contributed by atoms with E-state index in [1.807, 2.05) is 13.0 Å². The van der Waals surface area contributed by atoms with Crippen molar-refractivity contribution in [1.29, 1.82) is 5.26 Å². The van der Waals surface area contributed by atoms with Crippen LogP contribution in [0.3, 0.4) is 0 Å². The monoisotopic (exact) mass is 291 g/mol. The van der Waals surface area contributed by atoms with E-state index in [-0.39, 0.29) is 11.3 Å². The molecule has 1 amide bonds. The number of piperidine rings is 1. The molecule has 1 heterocycles. The van der Waals surface area contributed by atoms with E-state index in [0.717, 1.165) is 25.8 Å². The van der Waals surface area contributed by atoms with Gasteiger partial charge in [0.1, 0.15) is 6.07 Å². The average Bonchev–Trinajstić information content (AvgIpc) is 2.49. The zero-order valence-corrected chi connectivity index (χ0v) is 12.3. The number of hydrogen-bond donors (Lipinski definition) is 2. The summed E-state index contributed by atoms with van der Waals surface area (Å²) in [7, 11) is 0. The van der Waals surface area contributed by atoms with Gasteiger partial charge in [-0.1, -0.05) is 18.5 Å². The third-order valence-corrected chi connectivity index (χ3v) is 4.30. The summed E-state index contributed by atoms with van der Waals surface area (Å²) in [5.74, 6) is 0.0124. The molecule has 0 saturated carbocycles. The van der Waals surface area contributed by atoms with Crippen molar-refractivity contribution in [3.63, 3.8) is 0 Å². The van der Waals surface area contributed by atoms with Crippen molar-refractivity contribution in [2.45, 2.75) is 26.2 Å². The van der Waals surface area contributed by atoms with Crippen LogP contribution in [0.25, 0.3) is 0 Å². The molecule has 1 aromatic rings. The van der Waals surface area contributed by atoms with Gasteiger partial charge in [0.05, 0.1) is 16.0 Å². The number of carbonyl (C=O) groups is 1. The lowest BCUT2D eigenvalue weighted by molar-refractivity contribution is -0.126. The molecular formula is C15H18ClN3O. The smallest absolute Gasteiger partial charge is 0.231 e. The minimum Gasteiger partial charge on any atom is -0.326 e. The Morgan fingerprint density at radius 1 is 1.60 bits per heavy atom. The maximum Gasteiger partial charge on any atom is 0.231 e. The molecule has 0 aliphatic carbocycles. The van der Waals surface area contributed by atoms with E-state index in [1.165, 1.54) is 0 Å². The van der Waals surface area contributed by atoms with Gasteiger partial charge in [0.15, 0.2) is 0 Å². The van der Waals surface area contributed by atoms with Crippen LogP contribution in [-0.2, 0) is 4.79 Å². The molecule has 0 bridgehead atoms. The number of nitrogens with one attached hydrogen (secondary N) is 2. The molecule has 1 aliphatic heterocycles. The Labute approximate surface area is 124 Å². The Morgan fingerprint density at radius 3 is 3.00 bits per heavy atom. The van der Waals surface area contributed by atoms with E-state index in [9.17, 15) is 4.79 Å². The van der Waals surface area contributed by atoms with Crippen LogP contribution in [0.1, 0.15) is 31.7 Å². The molecule has 0 aromatic heterocycles. The van der Waals surface area contributed by atoms with Crippen LogP contribution in [0.5, 0.6) is 0 Å². The fraction of sp³-hybridized carbons (Fsp3) is 0.467. The predicted octanol–water partition coefficient (Wildman–Crippen LogP) is 2.93. The van der Waals surface area contributed by atoms with Crippen LogP contribution in [0.2, 0.25) is 5.02 Å². The molecule has 1 saturated heterocycles. The third kappa shape index (κ3) is 2.95. The second kappa shape index (κ2) is 6.25. The minimum absolute atomic E-state index is 0.0124. The van der Waals surface area contributed by atoms with Crippen LogP contribution in [0.15, 0.2) is 18.2 Å². The highest BCUT2D eigenvalue weighted by atomic mass is 35.5. The molecular weight excluding hydrogens is 274 g/mol. The molecule has 2 rings (SSSR count). The van der Waals surface area contributed by atoms with E-state index in [4.69, 9.17) is 16.9 Å². The predicted molar refractivity (Wildman–Crippen MR) is 79.6 cm³/mol. The molecule has 0 spiro atoms. The van der Waals surface area contributed by atoms with Crippen LogP contribution in [-0.4, -0.2) is 19.0 Å². The molecule has 1 unspecified atom stereocenters. The Balaban J connectivity index is 2.16. The van der Waals surface area contributed by atoms with E-state index in [2.05, 4.69) is 10.6 Å². The van der Waals surface area contributed by atoms with Crippen molar-refractivity contribution >= 4 is 23.2 Å². The molecule has 1 fully saturated rings. The summed E-state index contributed by atoms with van der Waals surface area (Å²) in [5, 5.41) is 15.6. The van der Waals surface area contributed by atoms with Crippen LogP contribution in [0.4, 0.5) is 5.69 Å². The molecule has 1 atom stereocenters. The summed E-state index contributed by atoms with van der Waals surface area (Å²) in [6, 6.07) is 6.98. The van der Waals surface area contributed by atoms with E-state index in [0.29, 0.717) is 22.8 Å². The Hall–Kier alpha value is -1.57. The SMILES string of the molecule is CCC1(C(=O)Nc2ccc(Cl)c(C#N)c2)CCCNC1. The number of nitriles is 1. The van der Waals surface area contributed by atoms with Gasteiger partial charge in [-0.05, 0) is 44.0 Å². The number of amides is 1. The second-order valence-electron chi connectivity index (χ2n) is 5.17. The molecule has 1 aliphatic rings. The topological polar surface area (TPSA) is 64.9 Å². The lowest BCUT2D eigenvalue weighted by Gasteiger charge is -2.35. The molecule has 106 valence electrons. The number of hydrogen-bond acceptors (Lipinski definition) is 3. The first-order valence-electron chi connectivity index (χ1n) is 6.83. The Kier molecular flexibility index (Phi) is 4.64. The minimum atomic E-state index is -0.356. The molecule has 1 aromatic carbocycles. The largest absolute Gasteiger partial charge is 0.326 e. The van der Waals surface area contributed by atoms with Gasteiger partial charge in [-0.3, -0.25) is 4.79 Å². The number of rotatable bonds is 3. The second-order valence-corrected chi connectivity index (χ2v) is 5.58. The van der Waals surface area contributed by atoms with Crippen LogP contribution >= 0.6 is 11.6 Å². The summed E-state index contributed by atoms with van der Waals surface area (Å²) < 4.78 is 0. The van der Waals surface area contributed by atoms with Crippen molar-refractivity contribution in [3.05, 3.63) is 28.8 Å². The van der Waals surface area contributed by atoms with Crippen molar-refractivity contribution in [3.8, 4) is 6.07 Å². The van der Waals surface area contributed by atoms with Gasteiger partial charge in [0.2, 0.25) is 5.91 Å². The first-order chi connectivity index (χ1) is 9.61. The highest BCUT2D eigenvalue weighted by Crippen LogP contribution is 2.32. The third-order valence-electron chi connectivity index (χ3n) is 3.98. The zero-order valence-electron chi connectivity index (χ0n) is 11.5. The lowest BCUT2D eigenvalue weighted by atomic mass is 9.77. The van der Waals surface area contributed by atoms with E-state index in [1.54, 1.807) is 18.2 Å². The average molecular weight is 292 g/mol. The molecule has 4 nitrogen and oxygen atoms in total. The van der Waals surface area contributed by atoms with Crippen molar-refractivity contribution in [2.75, 3.05) is 18.4 Å². The summed E-state index contributed by atoms with van der Waals surface area (Å²) in [5.41, 5.74) is 0.635. The number of anilines is 1. The molecule has 20 heavy (non-hydrogen) atoms. The number of nitrogens with zero attached hydrogens (tertiary/aromatic N) is 1. The van der Waals surface area contributed by atoms with Gasteiger partial charge in [-0.2, -0.15) is 5.26 Å². The first-order valence-corrected chi connectivity index (χ1v) is 7.21. The van der Waals surface area contributed by atoms with Crippen molar-refractivity contribution in [2.24, 2.45) is 5.41 Å². The highest BCUT2D eigenvalue weighted by molar-refractivity contribution is 6.31. The standard InChI is InChI=1S/C15H18ClN3O/c1-2-15(6-3-7-18-10-15)14(20)19-12-4-5-13(16)11(8-12)9-17/h4-5,8,18H,2-3,6-7,10H2,1H3,(H,19,20). The number of benzene rings is 1. The summed E-state index contributed by atoms with van der Waals surface area (Å²) >= 11 is 5.89. The van der Waals surface area contributed by atoms with E-state index < -0.39 is 0 Å². The van der Waals surface area contributed by atoms with Gasteiger partial charge in [-0.15, -0.1) is 0 Å². The fourth-order valence-electron chi connectivity index (χ4n) is 2.58. The zero-order chi connectivity index (χ0) is 14.6. The maximum absolute atomic E-state index is 12.5. The molecule has 0 radical (unpaired) electrons. The van der Waals surface area contributed by atoms with Gasteiger partial charge >= 0.3 is 0 Å². The van der Waals surface area contributed by atoms with Gasteiger partial charge in [0.25, 0.3) is 0 Å². The van der Waals surface area contributed by atoms with Crippen molar-refractivity contribution in [1.82, 2.24) is 5.32 Å². The van der Waals surface area contributed by atoms with Gasteiger partial charge in [-0.25, -0.2) is 0 Å². The first kappa shape index (κ1) is 14.8. The lowest BCUT2D eigenvalue weighted by Crippen LogP contribution is -2.47. The normalized spacial score (nSPS) is 22.1. The number of carbonyl (C=O) groups excluding carboxylic acids is 1. The molecule has 2 N–H and O–H groups in total. The van der Waals surface area contributed by atoms with Crippen molar-refractivity contribution < 1.29 is 4.79 Å². The van der Waals surface area contributed by atoms with Crippen LogP contribution in [0, 0.1) is 16.7 Å². The van der Waals surface area contributed by atoms with Gasteiger partial charge < -0.3 is 10.6 Å². The Morgan fingerprint density at radius 2 is 2.40 bits per heavy atom. The summed E-state index contributed by atoms with van der Waals surface area (Å²) in [4.78, 5) is 12.5. The van der Waals surface area contributed by atoms with Gasteiger partial charge in [0, 0.05) is 12.2 Å². The van der Waals surface area contributed by atoms with Crippen LogP contribution < -0.4 is 10.6 Å². The fourth-order valence-corrected chi connectivity index (χ4v) is 2.74. The molecule has 5 heteroatoms. The Bertz CT molecular complexity index is 545. The highest BCUT2D eigenvalue weighted by Gasteiger charge is 2.37. The summed E-state index contributed by atoms with van der Waals surface area (Å²) in [6.07, 6.45) is 2.69. The maximum atomic E-state index is 12.5.